The lowest BCUT2D eigenvalue weighted by atomic mass is 10.1. The summed E-state index contributed by atoms with van der Waals surface area (Å²) in [6.07, 6.45) is 10.0. The summed E-state index contributed by atoms with van der Waals surface area (Å²) in [5, 5.41) is 3.34. The number of allylic oxidation sites excluding steroid dienone is 4. The standard InChI is InChI=1S/C16H22N2.C2H6/c1-5-13(2)8-9-14(3)15(4)18-12-16-7-6-10-17-11-16;1-2/h5-11,14,18H,4,12H2,1-3H3;1-2H3/b9-8-,13-5-;. The molecule has 1 atom stereocenters. The predicted molar refractivity (Wildman–Crippen MR) is 89.3 cm³/mol. The molecule has 1 rings (SSSR count). The van der Waals surface area contributed by atoms with Crippen molar-refractivity contribution in [2.45, 2.75) is 41.2 Å². The van der Waals surface area contributed by atoms with Crippen LogP contribution in [0, 0.1) is 5.92 Å². The second kappa shape index (κ2) is 11.0. The van der Waals surface area contributed by atoms with E-state index in [4.69, 9.17) is 0 Å². The zero-order valence-corrected chi connectivity index (χ0v) is 13.5. The first-order valence-electron chi connectivity index (χ1n) is 7.26. The van der Waals surface area contributed by atoms with Crippen molar-refractivity contribution in [2.75, 3.05) is 0 Å². The van der Waals surface area contributed by atoms with Gasteiger partial charge >= 0.3 is 0 Å². The van der Waals surface area contributed by atoms with Gasteiger partial charge in [0.25, 0.3) is 0 Å². The smallest absolute Gasteiger partial charge is 0.0413 e. The Morgan fingerprint density at radius 3 is 2.70 bits per heavy atom. The summed E-state index contributed by atoms with van der Waals surface area (Å²) in [7, 11) is 0. The molecule has 0 radical (unpaired) electrons. The zero-order valence-electron chi connectivity index (χ0n) is 13.5. The van der Waals surface area contributed by atoms with Crippen molar-refractivity contribution in [1.29, 1.82) is 0 Å². The topological polar surface area (TPSA) is 24.9 Å². The molecule has 2 heteroatoms. The van der Waals surface area contributed by atoms with E-state index in [2.05, 4.69) is 55.0 Å². The van der Waals surface area contributed by atoms with Crippen LogP contribution in [0.3, 0.4) is 0 Å². The Balaban J connectivity index is 0.00000172. The number of nitrogens with zero attached hydrogens (tertiary/aromatic N) is 1. The van der Waals surface area contributed by atoms with Gasteiger partial charge in [-0.3, -0.25) is 4.98 Å². The maximum atomic E-state index is 4.09. The summed E-state index contributed by atoms with van der Waals surface area (Å²) < 4.78 is 0. The number of pyridine rings is 1. The molecular weight excluding hydrogens is 244 g/mol. The summed E-state index contributed by atoms with van der Waals surface area (Å²) in [5.74, 6) is 0.316. The quantitative estimate of drug-likeness (QED) is 0.747. The molecule has 1 aromatic rings. The van der Waals surface area contributed by atoms with Crippen LogP contribution >= 0.6 is 0 Å². The van der Waals surface area contributed by atoms with Crippen LogP contribution in [0.2, 0.25) is 0 Å². The maximum absolute atomic E-state index is 4.09. The summed E-state index contributed by atoms with van der Waals surface area (Å²) >= 11 is 0. The van der Waals surface area contributed by atoms with Gasteiger partial charge in [0.1, 0.15) is 0 Å². The second-order valence-electron chi connectivity index (χ2n) is 4.42. The molecule has 0 saturated carbocycles. The average molecular weight is 272 g/mol. The van der Waals surface area contributed by atoms with Gasteiger partial charge in [0.15, 0.2) is 0 Å². The summed E-state index contributed by atoms with van der Waals surface area (Å²) in [4.78, 5) is 4.09. The molecule has 110 valence electrons. The fraction of sp³-hybridized carbons (Fsp3) is 0.389. The van der Waals surface area contributed by atoms with Crippen LogP contribution in [0.1, 0.15) is 40.2 Å². The van der Waals surface area contributed by atoms with E-state index in [0.717, 1.165) is 12.2 Å². The molecule has 0 aromatic carbocycles. The largest absolute Gasteiger partial charge is 0.384 e. The van der Waals surface area contributed by atoms with E-state index in [1.54, 1.807) is 6.20 Å². The first-order chi connectivity index (χ1) is 9.63. The van der Waals surface area contributed by atoms with E-state index < -0.39 is 0 Å². The molecule has 1 unspecified atom stereocenters. The van der Waals surface area contributed by atoms with Crippen LogP contribution in [0.25, 0.3) is 0 Å². The van der Waals surface area contributed by atoms with Crippen LogP contribution < -0.4 is 5.32 Å². The van der Waals surface area contributed by atoms with Crippen molar-refractivity contribution in [3.8, 4) is 0 Å². The van der Waals surface area contributed by atoms with E-state index in [9.17, 15) is 0 Å². The lowest BCUT2D eigenvalue weighted by Crippen LogP contribution is -2.16. The minimum Gasteiger partial charge on any atom is -0.384 e. The Morgan fingerprint density at radius 2 is 2.15 bits per heavy atom. The van der Waals surface area contributed by atoms with Gasteiger partial charge in [-0.2, -0.15) is 0 Å². The van der Waals surface area contributed by atoms with E-state index in [1.807, 2.05) is 33.0 Å². The monoisotopic (exact) mass is 272 g/mol. The Bertz CT molecular complexity index is 430. The van der Waals surface area contributed by atoms with Crippen LogP contribution in [-0.2, 0) is 6.54 Å². The minimum absolute atomic E-state index is 0.316. The van der Waals surface area contributed by atoms with Crippen molar-refractivity contribution in [2.24, 2.45) is 5.92 Å². The van der Waals surface area contributed by atoms with E-state index in [0.29, 0.717) is 5.92 Å². The van der Waals surface area contributed by atoms with Crippen LogP contribution in [-0.4, -0.2) is 4.98 Å². The van der Waals surface area contributed by atoms with Gasteiger partial charge in [-0.25, -0.2) is 0 Å². The van der Waals surface area contributed by atoms with E-state index in [1.165, 1.54) is 11.1 Å². The fourth-order valence-electron chi connectivity index (χ4n) is 1.39. The molecule has 0 aliphatic carbocycles. The molecule has 0 spiro atoms. The first kappa shape index (κ1) is 18.2. The Labute approximate surface area is 124 Å². The summed E-state index contributed by atoms with van der Waals surface area (Å²) in [5.41, 5.74) is 3.46. The molecule has 0 aliphatic rings. The minimum atomic E-state index is 0.316. The van der Waals surface area contributed by atoms with Gasteiger partial charge in [0.05, 0.1) is 0 Å². The van der Waals surface area contributed by atoms with Gasteiger partial charge in [-0.05, 0) is 25.5 Å². The predicted octanol–water partition coefficient (Wildman–Crippen LogP) is 4.87. The second-order valence-corrected chi connectivity index (χ2v) is 4.42. The van der Waals surface area contributed by atoms with E-state index in [-0.39, 0.29) is 0 Å². The third-order valence-corrected chi connectivity index (χ3v) is 2.90. The molecule has 0 amide bonds. The maximum Gasteiger partial charge on any atom is 0.0413 e. The van der Waals surface area contributed by atoms with Gasteiger partial charge < -0.3 is 5.32 Å². The van der Waals surface area contributed by atoms with Gasteiger partial charge in [0, 0.05) is 30.6 Å². The van der Waals surface area contributed by atoms with Crippen molar-refractivity contribution in [3.05, 3.63) is 66.2 Å². The highest BCUT2D eigenvalue weighted by Crippen LogP contribution is 2.09. The Hall–Kier alpha value is -1.83. The van der Waals surface area contributed by atoms with Gasteiger partial charge in [-0.15, -0.1) is 0 Å². The fourth-order valence-corrected chi connectivity index (χ4v) is 1.39. The van der Waals surface area contributed by atoms with Gasteiger partial charge in [0.2, 0.25) is 0 Å². The molecule has 0 saturated heterocycles. The average Bonchev–Trinajstić information content (AvgIpc) is 2.52. The molecule has 2 nitrogen and oxygen atoms in total. The van der Waals surface area contributed by atoms with E-state index >= 15 is 0 Å². The number of hydrogen-bond donors (Lipinski definition) is 1. The molecule has 1 aromatic heterocycles. The third-order valence-electron chi connectivity index (χ3n) is 2.90. The van der Waals surface area contributed by atoms with Crippen molar-refractivity contribution < 1.29 is 0 Å². The molecule has 0 bridgehead atoms. The highest BCUT2D eigenvalue weighted by Gasteiger charge is 2.02. The third kappa shape index (κ3) is 7.57. The summed E-state index contributed by atoms with van der Waals surface area (Å²) in [6.45, 7) is 15.1. The number of aromatic nitrogens is 1. The number of rotatable bonds is 6. The first-order valence-corrected chi connectivity index (χ1v) is 7.26. The Morgan fingerprint density at radius 1 is 1.45 bits per heavy atom. The molecular formula is C18H28N2. The molecule has 1 N–H and O–H groups in total. The number of hydrogen-bond acceptors (Lipinski definition) is 2. The lowest BCUT2D eigenvalue weighted by Gasteiger charge is -2.13. The molecule has 1 heterocycles. The van der Waals surface area contributed by atoms with Crippen molar-refractivity contribution in [1.82, 2.24) is 10.3 Å². The highest BCUT2D eigenvalue weighted by atomic mass is 14.9. The lowest BCUT2D eigenvalue weighted by molar-refractivity contribution is 0.700. The molecule has 20 heavy (non-hydrogen) atoms. The van der Waals surface area contributed by atoms with Crippen LogP contribution in [0.4, 0.5) is 0 Å². The van der Waals surface area contributed by atoms with Crippen LogP contribution in [0.5, 0.6) is 0 Å². The normalized spacial score (nSPS) is 12.6. The Kier molecular flexibility index (Phi) is 10.0. The number of nitrogens with one attached hydrogen (secondary N) is 1. The highest BCUT2D eigenvalue weighted by molar-refractivity contribution is 5.19. The SMILES string of the molecule is C=C(NCc1cccnc1)C(C)/C=C\C(C)=C/C.CC. The van der Waals surface area contributed by atoms with Crippen molar-refractivity contribution in [3.63, 3.8) is 0 Å². The molecule has 0 aliphatic heterocycles. The summed E-state index contributed by atoms with van der Waals surface area (Å²) in [6, 6.07) is 4.00. The van der Waals surface area contributed by atoms with Crippen molar-refractivity contribution >= 4 is 0 Å². The molecule has 0 fully saturated rings. The van der Waals surface area contributed by atoms with Crippen LogP contribution in [0.15, 0.2) is 60.6 Å². The van der Waals surface area contributed by atoms with Gasteiger partial charge in [-0.1, -0.05) is 57.2 Å². The zero-order chi connectivity index (χ0) is 15.4.